The Kier molecular flexibility index (Phi) is 4.18. The van der Waals surface area contributed by atoms with Crippen LogP contribution in [0.25, 0.3) is 31.3 Å². The molecule has 0 saturated heterocycles. The van der Waals surface area contributed by atoms with Gasteiger partial charge in [-0.2, -0.15) is 26.3 Å². The molecule has 0 spiro atoms. The van der Waals surface area contributed by atoms with E-state index in [1.165, 1.54) is 38.4 Å². The van der Waals surface area contributed by atoms with Gasteiger partial charge in [-0.15, -0.1) is 22.7 Å². The van der Waals surface area contributed by atoms with Crippen LogP contribution in [0.15, 0.2) is 42.7 Å². The maximum absolute atomic E-state index is 15.2. The van der Waals surface area contributed by atoms with Crippen LogP contribution in [0.3, 0.4) is 0 Å². The molecule has 1 nitrogen and oxygen atoms in total. The van der Waals surface area contributed by atoms with Crippen LogP contribution in [0.2, 0.25) is 0 Å². The highest BCUT2D eigenvalue weighted by Crippen LogP contribution is 2.66. The van der Waals surface area contributed by atoms with Crippen molar-refractivity contribution in [2.24, 2.45) is 0 Å². The molecule has 0 bridgehead atoms. The summed E-state index contributed by atoms with van der Waals surface area (Å²) in [6.45, 7) is 2.95. The maximum Gasteiger partial charge on any atom is 0.380 e. The van der Waals surface area contributed by atoms with Crippen molar-refractivity contribution in [2.75, 3.05) is 0 Å². The molecule has 1 aliphatic rings. The van der Waals surface area contributed by atoms with Crippen molar-refractivity contribution in [2.45, 2.75) is 31.6 Å². The first-order valence-corrected chi connectivity index (χ1v) is 10.8. The lowest BCUT2D eigenvalue weighted by Crippen LogP contribution is -2.48. The SMILES string of the molecule is Cc1sc2ccccc2c1C1=C(c2c(C)sc3cnccc23)C(F)(F)C(F)(F)C1(F)F. The Morgan fingerprint density at radius 3 is 1.84 bits per heavy atom. The van der Waals surface area contributed by atoms with Crippen molar-refractivity contribution in [3.8, 4) is 0 Å². The van der Waals surface area contributed by atoms with E-state index in [1.807, 2.05) is 0 Å². The number of hydrogen-bond acceptors (Lipinski definition) is 3. The van der Waals surface area contributed by atoms with E-state index >= 15 is 17.6 Å². The highest BCUT2D eigenvalue weighted by molar-refractivity contribution is 7.19. The number of hydrogen-bond donors (Lipinski definition) is 0. The number of rotatable bonds is 2. The van der Waals surface area contributed by atoms with Gasteiger partial charge in [0.25, 0.3) is 0 Å². The smallest absolute Gasteiger partial charge is 0.263 e. The van der Waals surface area contributed by atoms with Gasteiger partial charge in [-0.3, -0.25) is 4.98 Å². The fraction of sp³-hybridized carbons (Fsp3) is 0.227. The first-order valence-electron chi connectivity index (χ1n) is 9.20. The molecule has 0 atom stereocenters. The molecular weight excluding hydrogens is 456 g/mol. The lowest BCUT2D eigenvalue weighted by Gasteiger charge is -2.26. The number of nitrogens with zero attached hydrogens (tertiary/aromatic N) is 1. The molecule has 3 aromatic heterocycles. The molecule has 0 aliphatic heterocycles. The average Bonchev–Trinajstić information content (AvgIpc) is 3.23. The van der Waals surface area contributed by atoms with Gasteiger partial charge < -0.3 is 0 Å². The van der Waals surface area contributed by atoms with E-state index in [9.17, 15) is 8.78 Å². The van der Waals surface area contributed by atoms with E-state index in [1.54, 1.807) is 18.2 Å². The summed E-state index contributed by atoms with van der Waals surface area (Å²) in [4.78, 5) is 4.45. The number of halogens is 6. The predicted octanol–water partition coefficient (Wildman–Crippen LogP) is 7.96. The molecule has 5 rings (SSSR count). The summed E-state index contributed by atoms with van der Waals surface area (Å²) in [5, 5.41) is 0.458. The van der Waals surface area contributed by atoms with Crippen molar-refractivity contribution in [1.29, 1.82) is 0 Å². The van der Waals surface area contributed by atoms with E-state index in [0.717, 1.165) is 22.7 Å². The maximum atomic E-state index is 15.2. The summed E-state index contributed by atoms with van der Waals surface area (Å²) in [6.07, 6.45) is 2.73. The van der Waals surface area contributed by atoms with Crippen LogP contribution in [-0.2, 0) is 0 Å². The normalized spacial score (nSPS) is 19.6. The number of aryl methyl sites for hydroxylation is 2. The average molecular weight is 469 g/mol. The van der Waals surface area contributed by atoms with Crippen molar-refractivity contribution in [3.05, 3.63) is 63.6 Å². The van der Waals surface area contributed by atoms with Gasteiger partial charge in [-0.25, -0.2) is 0 Å². The molecule has 1 aromatic carbocycles. The Morgan fingerprint density at radius 1 is 0.710 bits per heavy atom. The van der Waals surface area contributed by atoms with Gasteiger partial charge in [0.15, 0.2) is 0 Å². The zero-order valence-corrected chi connectivity index (χ0v) is 17.7. The molecule has 0 radical (unpaired) electrons. The van der Waals surface area contributed by atoms with Crippen molar-refractivity contribution < 1.29 is 26.3 Å². The summed E-state index contributed by atoms with van der Waals surface area (Å²) in [7, 11) is 0. The van der Waals surface area contributed by atoms with Gasteiger partial charge in [0.2, 0.25) is 0 Å². The van der Waals surface area contributed by atoms with Crippen molar-refractivity contribution in [1.82, 2.24) is 4.98 Å². The second-order valence-corrected chi connectivity index (χ2v) is 9.92. The van der Waals surface area contributed by atoms with E-state index in [2.05, 4.69) is 4.98 Å². The molecular formula is C22H13F6NS2. The van der Waals surface area contributed by atoms with Crippen LogP contribution in [0, 0.1) is 13.8 Å². The first kappa shape index (κ1) is 20.5. The summed E-state index contributed by atoms with van der Waals surface area (Å²) in [6, 6.07) is 7.78. The Labute approximate surface area is 180 Å². The molecule has 0 fully saturated rings. The number of aromatic nitrogens is 1. The third-order valence-corrected chi connectivity index (χ3v) is 7.75. The molecule has 1 aliphatic carbocycles. The highest BCUT2D eigenvalue weighted by Gasteiger charge is 2.80. The molecule has 0 unspecified atom stereocenters. The standard InChI is InChI=1S/C22H13F6NS2/c1-10-16(12-5-3-4-6-14(12)30-10)18-19(21(25,26)22(27,28)20(18,23)24)17-11(2)31-15-9-29-8-7-13(15)17/h3-9H,1-2H3. The number of pyridine rings is 1. The minimum Gasteiger partial charge on any atom is -0.263 e. The van der Waals surface area contributed by atoms with E-state index < -0.39 is 28.9 Å². The summed E-state index contributed by atoms with van der Waals surface area (Å²) in [5.74, 6) is -15.7. The fourth-order valence-corrected chi connectivity index (χ4v) is 6.36. The second kappa shape index (κ2) is 6.32. The zero-order chi connectivity index (χ0) is 22.3. The lowest BCUT2D eigenvalue weighted by atomic mass is 9.92. The molecule has 4 aromatic rings. The van der Waals surface area contributed by atoms with Crippen LogP contribution in [-0.4, -0.2) is 22.8 Å². The largest absolute Gasteiger partial charge is 0.380 e. The minimum absolute atomic E-state index is 0.204. The summed E-state index contributed by atoms with van der Waals surface area (Å²) >= 11 is 2.17. The lowest BCUT2D eigenvalue weighted by molar-refractivity contribution is -0.254. The van der Waals surface area contributed by atoms with Crippen molar-refractivity contribution in [3.63, 3.8) is 0 Å². The number of fused-ring (bicyclic) bond motifs is 2. The second-order valence-electron chi connectivity index (χ2n) is 7.41. The number of benzene rings is 1. The van der Waals surface area contributed by atoms with E-state index in [4.69, 9.17) is 0 Å². The van der Waals surface area contributed by atoms with Gasteiger partial charge in [-0.1, -0.05) is 18.2 Å². The molecule has 0 amide bonds. The quantitative estimate of drug-likeness (QED) is 0.272. The zero-order valence-electron chi connectivity index (χ0n) is 16.1. The number of alkyl halides is 6. The van der Waals surface area contributed by atoms with Crippen LogP contribution in [0.1, 0.15) is 20.9 Å². The number of thiophene rings is 2. The Morgan fingerprint density at radius 2 is 1.23 bits per heavy atom. The van der Waals surface area contributed by atoms with Gasteiger partial charge in [-0.05, 0) is 26.0 Å². The molecule has 3 heterocycles. The highest BCUT2D eigenvalue weighted by atomic mass is 32.1. The monoisotopic (exact) mass is 469 g/mol. The topological polar surface area (TPSA) is 12.9 Å². The third kappa shape index (κ3) is 2.47. The molecule has 0 saturated carbocycles. The first-order chi connectivity index (χ1) is 14.5. The Hall–Kier alpha value is -2.39. The van der Waals surface area contributed by atoms with Gasteiger partial charge in [0.1, 0.15) is 0 Å². The fourth-order valence-electron chi connectivity index (χ4n) is 4.25. The third-order valence-electron chi connectivity index (χ3n) is 5.61. The summed E-state index contributed by atoms with van der Waals surface area (Å²) in [5.41, 5.74) is -3.11. The minimum atomic E-state index is -5.58. The molecule has 0 N–H and O–H groups in total. The van der Waals surface area contributed by atoms with Gasteiger partial charge >= 0.3 is 17.8 Å². The molecule has 9 heteroatoms. The predicted molar refractivity (Wildman–Crippen MR) is 113 cm³/mol. The number of allylic oxidation sites excluding steroid dienone is 2. The Balaban J connectivity index is 2.00. The van der Waals surface area contributed by atoms with Crippen LogP contribution in [0.5, 0.6) is 0 Å². The Bertz CT molecular complexity index is 1290. The van der Waals surface area contributed by atoms with Crippen LogP contribution >= 0.6 is 22.7 Å². The van der Waals surface area contributed by atoms with Crippen LogP contribution < -0.4 is 0 Å². The molecule has 160 valence electrons. The molecule has 31 heavy (non-hydrogen) atoms. The van der Waals surface area contributed by atoms with E-state index in [0.29, 0.717) is 9.40 Å². The van der Waals surface area contributed by atoms with Crippen molar-refractivity contribution >= 4 is 54.0 Å². The van der Waals surface area contributed by atoms with Crippen LogP contribution in [0.4, 0.5) is 26.3 Å². The summed E-state index contributed by atoms with van der Waals surface area (Å²) < 4.78 is 91.4. The van der Waals surface area contributed by atoms with Gasteiger partial charge in [0, 0.05) is 59.9 Å². The van der Waals surface area contributed by atoms with Gasteiger partial charge in [0.05, 0.1) is 4.70 Å². The van der Waals surface area contributed by atoms with E-state index in [-0.39, 0.29) is 31.7 Å².